The SMILES string of the molecule is COCC1(OCc2c(-c3c(C)cccc3Cl)noc2C2CC2)CC2CC(C)C(C1)C2c1nc2c(F)cc(C#N)cc2s1. The fourth-order valence-electron chi connectivity index (χ4n) is 7.65. The number of aryl methyl sites for hydroxylation is 1. The van der Waals surface area contributed by atoms with Gasteiger partial charge in [-0.3, -0.25) is 0 Å². The molecule has 0 aliphatic heterocycles. The molecule has 2 bridgehead atoms. The smallest absolute Gasteiger partial charge is 0.151 e. The molecule has 2 heterocycles. The van der Waals surface area contributed by atoms with Crippen LogP contribution in [0.4, 0.5) is 4.39 Å². The van der Waals surface area contributed by atoms with Crippen LogP contribution in [0.1, 0.15) is 78.3 Å². The molecule has 2 aromatic carbocycles. The highest BCUT2D eigenvalue weighted by Gasteiger charge is 2.54. The summed E-state index contributed by atoms with van der Waals surface area (Å²) in [5, 5.41) is 15.5. The number of methoxy groups -OCH3 is 1. The van der Waals surface area contributed by atoms with Crippen molar-refractivity contribution in [3.05, 3.63) is 68.6 Å². The summed E-state index contributed by atoms with van der Waals surface area (Å²) in [5.74, 6) is 2.23. The van der Waals surface area contributed by atoms with Crippen molar-refractivity contribution < 1.29 is 18.4 Å². The zero-order chi connectivity index (χ0) is 29.2. The Balaban J connectivity index is 1.20. The molecule has 3 saturated carbocycles. The van der Waals surface area contributed by atoms with Gasteiger partial charge in [-0.2, -0.15) is 5.26 Å². The van der Waals surface area contributed by atoms with Crippen LogP contribution in [0.2, 0.25) is 5.02 Å². The van der Waals surface area contributed by atoms with Gasteiger partial charge in [0.25, 0.3) is 0 Å². The Labute approximate surface area is 253 Å². The number of nitriles is 1. The Kier molecular flexibility index (Phi) is 7.13. The summed E-state index contributed by atoms with van der Waals surface area (Å²) >= 11 is 8.20. The normalized spacial score (nSPS) is 27.0. The molecule has 9 heteroatoms. The van der Waals surface area contributed by atoms with E-state index < -0.39 is 11.4 Å². The molecule has 0 N–H and O–H groups in total. The minimum Gasteiger partial charge on any atom is -0.382 e. The first kappa shape index (κ1) is 28.0. The number of hydrogen-bond donors (Lipinski definition) is 0. The number of rotatable bonds is 8. The highest BCUT2D eigenvalue weighted by Crippen LogP contribution is 2.59. The maximum absolute atomic E-state index is 14.8. The van der Waals surface area contributed by atoms with Gasteiger partial charge in [0.15, 0.2) is 5.82 Å². The first-order valence-electron chi connectivity index (χ1n) is 14.7. The second-order valence-corrected chi connectivity index (χ2v) is 14.0. The zero-order valence-electron chi connectivity index (χ0n) is 24.0. The van der Waals surface area contributed by atoms with Gasteiger partial charge in [-0.05, 0) is 80.5 Å². The van der Waals surface area contributed by atoms with E-state index in [-0.39, 0.29) is 5.92 Å². The van der Waals surface area contributed by atoms with Gasteiger partial charge in [-0.1, -0.05) is 35.8 Å². The van der Waals surface area contributed by atoms with Crippen molar-refractivity contribution in [1.82, 2.24) is 10.1 Å². The van der Waals surface area contributed by atoms with Crippen LogP contribution in [0, 0.1) is 41.8 Å². The number of ether oxygens (including phenoxy) is 2. The lowest BCUT2D eigenvalue weighted by atomic mass is 9.70. The molecular formula is C33H33ClFN3O3S. The molecule has 0 radical (unpaired) electrons. The summed E-state index contributed by atoms with van der Waals surface area (Å²) in [4.78, 5) is 4.80. The zero-order valence-corrected chi connectivity index (χ0v) is 25.5. The summed E-state index contributed by atoms with van der Waals surface area (Å²) in [7, 11) is 1.74. The van der Waals surface area contributed by atoms with E-state index in [9.17, 15) is 9.65 Å². The summed E-state index contributed by atoms with van der Waals surface area (Å²) in [6.07, 6.45) is 4.91. The molecule has 4 aromatic rings. The number of halogens is 2. The fraction of sp³-hybridized carbons (Fsp3) is 0.485. The van der Waals surface area contributed by atoms with E-state index in [1.165, 1.54) is 17.4 Å². The van der Waals surface area contributed by atoms with E-state index in [0.29, 0.717) is 53.0 Å². The molecule has 2 aromatic heterocycles. The summed E-state index contributed by atoms with van der Waals surface area (Å²) in [6, 6.07) is 11.0. The predicted molar refractivity (Wildman–Crippen MR) is 160 cm³/mol. The van der Waals surface area contributed by atoms with Crippen LogP contribution in [0.25, 0.3) is 21.5 Å². The molecule has 6 nitrogen and oxygen atoms in total. The summed E-state index contributed by atoms with van der Waals surface area (Å²) in [5.41, 5.74) is 3.93. The molecule has 7 rings (SSSR count). The van der Waals surface area contributed by atoms with Crippen LogP contribution in [0.5, 0.6) is 0 Å². The summed E-state index contributed by atoms with van der Waals surface area (Å²) in [6.45, 7) is 5.22. The van der Waals surface area contributed by atoms with Crippen LogP contribution in [0.15, 0.2) is 34.9 Å². The Hall–Kier alpha value is -2.83. The molecule has 0 saturated heterocycles. The van der Waals surface area contributed by atoms with Crippen LogP contribution >= 0.6 is 22.9 Å². The van der Waals surface area contributed by atoms with Crippen LogP contribution in [-0.2, 0) is 16.1 Å². The molecule has 42 heavy (non-hydrogen) atoms. The average Bonchev–Trinajstić information content (AvgIpc) is 3.51. The topological polar surface area (TPSA) is 81.2 Å². The van der Waals surface area contributed by atoms with E-state index in [1.807, 2.05) is 25.1 Å². The molecule has 3 aliphatic rings. The molecule has 3 fully saturated rings. The average molecular weight is 606 g/mol. The first-order chi connectivity index (χ1) is 20.3. The third-order valence-corrected chi connectivity index (χ3v) is 11.1. The van der Waals surface area contributed by atoms with Crippen LogP contribution in [-0.4, -0.2) is 29.5 Å². The molecule has 218 valence electrons. The second-order valence-electron chi connectivity index (χ2n) is 12.5. The highest BCUT2D eigenvalue weighted by molar-refractivity contribution is 7.18. The van der Waals surface area contributed by atoms with Gasteiger partial charge >= 0.3 is 0 Å². The molecular weight excluding hydrogens is 573 g/mol. The second kappa shape index (κ2) is 10.7. The quantitative estimate of drug-likeness (QED) is 0.200. The Morgan fingerprint density at radius 3 is 2.81 bits per heavy atom. The Bertz CT molecular complexity index is 1690. The van der Waals surface area contributed by atoms with E-state index in [1.54, 1.807) is 13.2 Å². The largest absolute Gasteiger partial charge is 0.382 e. The van der Waals surface area contributed by atoms with Crippen molar-refractivity contribution in [3.63, 3.8) is 0 Å². The van der Waals surface area contributed by atoms with Crippen LogP contribution < -0.4 is 0 Å². The predicted octanol–water partition coefficient (Wildman–Crippen LogP) is 8.55. The van der Waals surface area contributed by atoms with Crippen LogP contribution in [0.3, 0.4) is 0 Å². The Morgan fingerprint density at radius 2 is 2.10 bits per heavy atom. The number of benzene rings is 2. The lowest BCUT2D eigenvalue weighted by molar-refractivity contribution is -0.135. The standard InChI is InChI=1S/C33H33ClFN3O3S/c1-17-5-4-6-24(34)27(17)29-23(31(41-38-29)20-7-8-20)15-40-33(16-39-3)12-21-9-18(2)22(13-33)28(21)32-37-30-25(35)10-19(14-36)11-26(30)42-32/h4-6,10-11,18,20-22,28H,7-9,12-13,15-16H2,1-3H3. The maximum atomic E-state index is 14.8. The van der Waals surface area contributed by atoms with Gasteiger partial charge in [0.2, 0.25) is 0 Å². The lowest BCUT2D eigenvalue weighted by Gasteiger charge is -2.44. The Morgan fingerprint density at radius 1 is 1.26 bits per heavy atom. The van der Waals surface area contributed by atoms with Crippen molar-refractivity contribution in [1.29, 1.82) is 5.26 Å². The first-order valence-corrected chi connectivity index (χ1v) is 15.9. The van der Waals surface area contributed by atoms with Gasteiger partial charge in [0, 0.05) is 30.1 Å². The van der Waals surface area contributed by atoms with Gasteiger partial charge < -0.3 is 14.0 Å². The van der Waals surface area contributed by atoms with E-state index in [0.717, 1.165) is 70.0 Å². The van der Waals surface area contributed by atoms with E-state index in [2.05, 4.69) is 18.1 Å². The minimum atomic E-state index is -0.466. The fourth-order valence-corrected chi connectivity index (χ4v) is 9.25. The third kappa shape index (κ3) is 4.75. The number of thiazole rings is 1. The van der Waals surface area contributed by atoms with Gasteiger partial charge in [-0.25, -0.2) is 9.37 Å². The minimum absolute atomic E-state index is 0.231. The van der Waals surface area contributed by atoms with E-state index in [4.69, 9.17) is 30.6 Å². The number of hydrogen-bond acceptors (Lipinski definition) is 7. The van der Waals surface area contributed by atoms with Gasteiger partial charge in [-0.15, -0.1) is 11.3 Å². The highest BCUT2D eigenvalue weighted by atomic mass is 35.5. The summed E-state index contributed by atoms with van der Waals surface area (Å²) < 4.78 is 34.2. The number of aromatic nitrogens is 2. The van der Waals surface area contributed by atoms with Crippen molar-refractivity contribution in [2.75, 3.05) is 13.7 Å². The van der Waals surface area contributed by atoms with Crippen molar-refractivity contribution in [2.24, 2.45) is 17.8 Å². The monoisotopic (exact) mass is 605 g/mol. The maximum Gasteiger partial charge on any atom is 0.151 e. The number of nitrogens with zero attached hydrogens (tertiary/aromatic N) is 3. The molecule has 5 atom stereocenters. The van der Waals surface area contributed by atoms with Crippen molar-refractivity contribution in [2.45, 2.75) is 70.0 Å². The molecule has 0 spiro atoms. The molecule has 5 unspecified atom stereocenters. The van der Waals surface area contributed by atoms with Crippen molar-refractivity contribution in [3.8, 4) is 17.3 Å². The molecule has 0 amide bonds. The van der Waals surface area contributed by atoms with Gasteiger partial charge in [0.1, 0.15) is 17.0 Å². The number of fused-ring (bicyclic) bond motifs is 3. The molecule has 3 aliphatic carbocycles. The third-order valence-electron chi connectivity index (χ3n) is 9.65. The lowest BCUT2D eigenvalue weighted by Crippen LogP contribution is -2.45. The van der Waals surface area contributed by atoms with Crippen molar-refractivity contribution >= 4 is 33.2 Å². The van der Waals surface area contributed by atoms with Gasteiger partial charge in [0.05, 0.1) is 45.2 Å². The van der Waals surface area contributed by atoms with E-state index >= 15 is 0 Å².